The Balaban J connectivity index is 1.71. The SMILES string of the molecule is COCC1OC(Oc2cc3occ(-c4ccc(O)cc4)c(=O)c3c(C)c2C)C(O)C(O)C1O. The van der Waals surface area contributed by atoms with Crippen LogP contribution in [0.15, 0.2) is 45.8 Å². The molecule has 0 aliphatic carbocycles. The van der Waals surface area contributed by atoms with E-state index in [9.17, 15) is 25.2 Å². The number of ether oxygens (including phenoxy) is 3. The van der Waals surface area contributed by atoms with Crippen molar-refractivity contribution in [1.29, 1.82) is 0 Å². The highest BCUT2D eigenvalue weighted by Gasteiger charge is 2.45. The Morgan fingerprint density at radius 3 is 2.36 bits per heavy atom. The summed E-state index contributed by atoms with van der Waals surface area (Å²) in [6, 6.07) is 7.77. The Morgan fingerprint density at radius 1 is 1.00 bits per heavy atom. The normalized spacial score (nSPS) is 25.3. The summed E-state index contributed by atoms with van der Waals surface area (Å²) in [4.78, 5) is 13.2. The van der Waals surface area contributed by atoms with Crippen LogP contribution >= 0.6 is 0 Å². The number of phenols is 1. The van der Waals surface area contributed by atoms with Gasteiger partial charge in [-0.3, -0.25) is 4.79 Å². The molecule has 1 aromatic heterocycles. The average molecular weight is 458 g/mol. The minimum Gasteiger partial charge on any atom is -0.508 e. The second-order valence-corrected chi connectivity index (χ2v) is 8.11. The van der Waals surface area contributed by atoms with Gasteiger partial charge in [0.25, 0.3) is 0 Å². The van der Waals surface area contributed by atoms with Gasteiger partial charge in [-0.2, -0.15) is 0 Å². The molecule has 2 heterocycles. The molecule has 2 aromatic carbocycles. The Labute approximate surface area is 189 Å². The molecule has 33 heavy (non-hydrogen) atoms. The van der Waals surface area contributed by atoms with Crippen molar-refractivity contribution in [2.75, 3.05) is 13.7 Å². The van der Waals surface area contributed by atoms with Crippen LogP contribution in [0.25, 0.3) is 22.1 Å². The molecule has 4 rings (SSSR count). The lowest BCUT2D eigenvalue weighted by Gasteiger charge is -2.40. The monoisotopic (exact) mass is 458 g/mol. The Hall–Kier alpha value is -2.95. The smallest absolute Gasteiger partial charge is 0.229 e. The molecule has 0 radical (unpaired) electrons. The summed E-state index contributed by atoms with van der Waals surface area (Å²) in [7, 11) is 1.43. The van der Waals surface area contributed by atoms with Crippen LogP contribution in [0.1, 0.15) is 11.1 Å². The predicted molar refractivity (Wildman–Crippen MR) is 118 cm³/mol. The van der Waals surface area contributed by atoms with Gasteiger partial charge in [-0.05, 0) is 42.7 Å². The minimum atomic E-state index is -1.51. The lowest BCUT2D eigenvalue weighted by Crippen LogP contribution is -2.60. The molecular weight excluding hydrogens is 432 g/mol. The summed E-state index contributed by atoms with van der Waals surface area (Å²) in [6.07, 6.45) is -5.16. The van der Waals surface area contributed by atoms with Crippen LogP contribution in [-0.4, -0.2) is 64.8 Å². The fourth-order valence-electron chi connectivity index (χ4n) is 3.95. The van der Waals surface area contributed by atoms with Crippen molar-refractivity contribution in [3.05, 3.63) is 57.9 Å². The molecule has 176 valence electrons. The summed E-state index contributed by atoms with van der Waals surface area (Å²) in [5, 5.41) is 40.5. The van der Waals surface area contributed by atoms with Crippen LogP contribution in [-0.2, 0) is 9.47 Å². The van der Waals surface area contributed by atoms with Crippen LogP contribution in [0.2, 0.25) is 0 Å². The van der Waals surface area contributed by atoms with E-state index in [4.69, 9.17) is 18.6 Å². The third-order valence-electron chi connectivity index (χ3n) is 6.01. The van der Waals surface area contributed by atoms with Gasteiger partial charge >= 0.3 is 0 Å². The molecule has 5 atom stereocenters. The maximum absolute atomic E-state index is 13.2. The van der Waals surface area contributed by atoms with Crippen molar-refractivity contribution in [2.24, 2.45) is 0 Å². The zero-order chi connectivity index (χ0) is 23.9. The van der Waals surface area contributed by atoms with Crippen LogP contribution in [0.5, 0.6) is 11.5 Å². The van der Waals surface area contributed by atoms with Gasteiger partial charge in [0.15, 0.2) is 0 Å². The fraction of sp³-hybridized carbons (Fsp3) is 0.375. The van der Waals surface area contributed by atoms with E-state index in [1.165, 1.54) is 31.6 Å². The van der Waals surface area contributed by atoms with Crippen molar-refractivity contribution in [2.45, 2.75) is 44.6 Å². The highest BCUT2D eigenvalue weighted by Crippen LogP contribution is 2.33. The van der Waals surface area contributed by atoms with Crippen LogP contribution < -0.4 is 10.2 Å². The highest BCUT2D eigenvalue weighted by molar-refractivity contribution is 5.87. The van der Waals surface area contributed by atoms with E-state index in [0.29, 0.717) is 33.4 Å². The van der Waals surface area contributed by atoms with Crippen molar-refractivity contribution >= 4 is 11.0 Å². The quantitative estimate of drug-likeness (QED) is 0.449. The number of phenolic OH excluding ortho intramolecular Hbond substituents is 1. The second kappa shape index (κ2) is 9.12. The van der Waals surface area contributed by atoms with Crippen LogP contribution in [0.3, 0.4) is 0 Å². The van der Waals surface area contributed by atoms with Gasteiger partial charge in [-0.25, -0.2) is 0 Å². The molecule has 3 aromatic rings. The Bertz CT molecular complexity index is 1200. The average Bonchev–Trinajstić information content (AvgIpc) is 2.79. The second-order valence-electron chi connectivity index (χ2n) is 8.11. The van der Waals surface area contributed by atoms with Crippen LogP contribution in [0, 0.1) is 13.8 Å². The first-order chi connectivity index (χ1) is 15.7. The Kier molecular flexibility index (Phi) is 6.42. The first-order valence-corrected chi connectivity index (χ1v) is 10.4. The molecule has 9 nitrogen and oxygen atoms in total. The topological polar surface area (TPSA) is 139 Å². The van der Waals surface area contributed by atoms with E-state index in [1.807, 2.05) is 0 Å². The van der Waals surface area contributed by atoms with E-state index in [0.717, 1.165) is 0 Å². The number of rotatable bonds is 5. The third kappa shape index (κ3) is 4.21. The van der Waals surface area contributed by atoms with Gasteiger partial charge < -0.3 is 39.1 Å². The van der Waals surface area contributed by atoms with E-state index >= 15 is 0 Å². The van der Waals surface area contributed by atoms with E-state index in [2.05, 4.69) is 0 Å². The molecular formula is C24H26O9. The maximum atomic E-state index is 13.2. The van der Waals surface area contributed by atoms with Crippen LogP contribution in [0.4, 0.5) is 0 Å². The maximum Gasteiger partial charge on any atom is 0.229 e. The third-order valence-corrected chi connectivity index (χ3v) is 6.01. The summed E-state index contributed by atoms with van der Waals surface area (Å²) >= 11 is 0. The molecule has 0 spiro atoms. The first kappa shape index (κ1) is 23.2. The Morgan fingerprint density at radius 2 is 1.70 bits per heavy atom. The zero-order valence-electron chi connectivity index (χ0n) is 18.4. The van der Waals surface area contributed by atoms with Gasteiger partial charge in [0.05, 0.1) is 17.6 Å². The number of hydrogen-bond acceptors (Lipinski definition) is 9. The number of aryl methyl sites for hydroxylation is 1. The number of aromatic hydroxyl groups is 1. The molecule has 1 aliphatic rings. The van der Waals surface area contributed by atoms with Crippen molar-refractivity contribution < 1.29 is 39.1 Å². The molecule has 4 N–H and O–H groups in total. The zero-order valence-corrected chi connectivity index (χ0v) is 18.4. The number of aliphatic hydroxyl groups is 3. The van der Waals surface area contributed by atoms with Gasteiger partial charge in [0, 0.05) is 13.2 Å². The molecule has 0 bridgehead atoms. The summed E-state index contributed by atoms with van der Waals surface area (Å²) in [5.41, 5.74) is 2.25. The first-order valence-electron chi connectivity index (χ1n) is 10.4. The van der Waals surface area contributed by atoms with Gasteiger partial charge in [0.1, 0.15) is 47.8 Å². The summed E-state index contributed by atoms with van der Waals surface area (Å²) in [6.45, 7) is 3.51. The number of benzene rings is 2. The standard InChI is InChI=1S/C24H26O9/c1-11-12(2)19-17(31-9-15(20(19)26)13-4-6-14(25)7-5-13)8-16(11)32-24-23(29)22(28)21(27)18(33-24)10-30-3/h4-9,18,21-25,27-29H,10H2,1-3H3. The lowest BCUT2D eigenvalue weighted by molar-refractivity contribution is -0.278. The number of fused-ring (bicyclic) bond motifs is 1. The molecule has 1 saturated heterocycles. The lowest BCUT2D eigenvalue weighted by atomic mass is 9.98. The largest absolute Gasteiger partial charge is 0.508 e. The van der Waals surface area contributed by atoms with E-state index in [-0.39, 0.29) is 23.4 Å². The van der Waals surface area contributed by atoms with E-state index < -0.39 is 30.7 Å². The highest BCUT2D eigenvalue weighted by atomic mass is 16.7. The number of aliphatic hydroxyl groups excluding tert-OH is 3. The molecule has 1 fully saturated rings. The van der Waals surface area contributed by atoms with E-state index in [1.54, 1.807) is 26.0 Å². The number of hydrogen-bond donors (Lipinski definition) is 4. The van der Waals surface area contributed by atoms with Gasteiger partial charge in [0.2, 0.25) is 11.7 Å². The van der Waals surface area contributed by atoms with Crippen molar-refractivity contribution in [1.82, 2.24) is 0 Å². The fourth-order valence-corrected chi connectivity index (χ4v) is 3.95. The van der Waals surface area contributed by atoms with Crippen molar-refractivity contribution in [3.8, 4) is 22.6 Å². The minimum absolute atomic E-state index is 0.00451. The van der Waals surface area contributed by atoms with Gasteiger partial charge in [-0.15, -0.1) is 0 Å². The molecule has 9 heteroatoms. The molecule has 5 unspecified atom stereocenters. The summed E-state index contributed by atoms with van der Waals surface area (Å²) < 4.78 is 22.2. The molecule has 0 saturated carbocycles. The predicted octanol–water partition coefficient (Wildman–Crippen LogP) is 1.62. The molecule has 1 aliphatic heterocycles. The number of methoxy groups -OCH3 is 1. The van der Waals surface area contributed by atoms with Crippen molar-refractivity contribution in [3.63, 3.8) is 0 Å². The molecule has 0 amide bonds. The summed E-state index contributed by atoms with van der Waals surface area (Å²) in [5.74, 6) is 0.388. The van der Waals surface area contributed by atoms with Gasteiger partial charge in [-0.1, -0.05) is 12.1 Å².